The fourth-order valence-corrected chi connectivity index (χ4v) is 2.79. The van der Waals surface area contributed by atoms with Crippen LogP contribution in [0.3, 0.4) is 0 Å². The molecule has 0 radical (unpaired) electrons. The van der Waals surface area contributed by atoms with Crippen molar-refractivity contribution in [3.63, 3.8) is 0 Å². The number of nitrogens with one attached hydrogen (secondary N) is 1. The Hall–Kier alpha value is -1.06. The Morgan fingerprint density at radius 3 is 2.48 bits per heavy atom. The van der Waals surface area contributed by atoms with Crippen molar-refractivity contribution in [2.45, 2.75) is 52.1 Å². The van der Waals surface area contributed by atoms with Crippen molar-refractivity contribution in [1.82, 2.24) is 4.90 Å². The summed E-state index contributed by atoms with van der Waals surface area (Å²) in [5, 5.41) is 3.66. The third-order valence-corrected chi connectivity index (χ3v) is 4.23. The Balaban J connectivity index is 1.82. The maximum Gasteiger partial charge on any atom is 0.0594 e. The van der Waals surface area contributed by atoms with E-state index in [4.69, 9.17) is 4.74 Å². The summed E-state index contributed by atoms with van der Waals surface area (Å²) in [7, 11) is 0. The van der Waals surface area contributed by atoms with Crippen molar-refractivity contribution in [3.8, 4) is 0 Å². The lowest BCUT2D eigenvalue weighted by Gasteiger charge is -2.26. The smallest absolute Gasteiger partial charge is 0.0594 e. The second-order valence-corrected chi connectivity index (χ2v) is 5.98. The molecule has 1 N–H and O–H groups in total. The van der Waals surface area contributed by atoms with Crippen molar-refractivity contribution < 1.29 is 4.74 Å². The van der Waals surface area contributed by atoms with Gasteiger partial charge >= 0.3 is 0 Å². The van der Waals surface area contributed by atoms with E-state index in [1.54, 1.807) is 0 Å². The van der Waals surface area contributed by atoms with Crippen LogP contribution in [0.4, 0.5) is 5.69 Å². The monoisotopic (exact) mass is 290 g/mol. The molecule has 1 aromatic carbocycles. The molecule has 0 aromatic heterocycles. The van der Waals surface area contributed by atoms with Crippen LogP contribution < -0.4 is 5.32 Å². The van der Waals surface area contributed by atoms with Gasteiger partial charge in [-0.25, -0.2) is 0 Å². The third kappa shape index (κ3) is 5.68. The number of unbranched alkanes of at least 4 members (excludes halogenated alkanes) is 1. The van der Waals surface area contributed by atoms with Crippen LogP contribution in [-0.4, -0.2) is 37.2 Å². The van der Waals surface area contributed by atoms with Crippen molar-refractivity contribution in [2.24, 2.45) is 0 Å². The van der Waals surface area contributed by atoms with Crippen molar-refractivity contribution in [3.05, 3.63) is 29.8 Å². The molecule has 1 fully saturated rings. The summed E-state index contributed by atoms with van der Waals surface area (Å²) in [5.74, 6) is 0. The number of hydrogen-bond donors (Lipinski definition) is 1. The highest BCUT2D eigenvalue weighted by molar-refractivity contribution is 5.45. The highest BCUT2D eigenvalue weighted by Gasteiger charge is 2.10. The van der Waals surface area contributed by atoms with Crippen LogP contribution in [0.2, 0.25) is 0 Å². The zero-order valence-corrected chi connectivity index (χ0v) is 13.6. The first-order chi connectivity index (χ1) is 10.3. The number of nitrogens with zero attached hydrogens (tertiary/aromatic N) is 1. The molecule has 2 rings (SSSR count). The highest BCUT2D eigenvalue weighted by Crippen LogP contribution is 2.16. The van der Waals surface area contributed by atoms with E-state index in [2.05, 4.69) is 48.3 Å². The van der Waals surface area contributed by atoms with Gasteiger partial charge < -0.3 is 10.1 Å². The lowest BCUT2D eigenvalue weighted by molar-refractivity contribution is 0.0342. The lowest BCUT2D eigenvalue weighted by Crippen LogP contribution is -2.35. The number of benzene rings is 1. The standard InChI is InChI=1S/C18H30N2O/c1-3-5-6-17(4-2)19-18-9-7-16(8-10-18)15-20-11-13-21-14-12-20/h7-10,17,19H,3-6,11-15H2,1-2H3. The number of ether oxygens (including phenoxy) is 1. The molecular formula is C18H30N2O. The van der Waals surface area contributed by atoms with Gasteiger partial charge in [-0.3, -0.25) is 4.90 Å². The van der Waals surface area contributed by atoms with Gasteiger partial charge in [-0.15, -0.1) is 0 Å². The molecule has 118 valence electrons. The molecule has 0 aliphatic carbocycles. The SMILES string of the molecule is CCCCC(CC)Nc1ccc(CN2CCOCC2)cc1. The van der Waals surface area contributed by atoms with Crippen LogP contribution in [0.5, 0.6) is 0 Å². The third-order valence-electron chi connectivity index (χ3n) is 4.23. The molecule has 0 amide bonds. The van der Waals surface area contributed by atoms with Crippen molar-refractivity contribution >= 4 is 5.69 Å². The molecular weight excluding hydrogens is 260 g/mol. The predicted octanol–water partition coefficient (Wildman–Crippen LogP) is 3.90. The molecule has 3 nitrogen and oxygen atoms in total. The quantitative estimate of drug-likeness (QED) is 0.786. The molecule has 1 aliphatic heterocycles. The molecule has 21 heavy (non-hydrogen) atoms. The van der Waals surface area contributed by atoms with Crippen molar-refractivity contribution in [1.29, 1.82) is 0 Å². The molecule has 1 unspecified atom stereocenters. The summed E-state index contributed by atoms with van der Waals surface area (Å²) in [5.41, 5.74) is 2.65. The summed E-state index contributed by atoms with van der Waals surface area (Å²) in [4.78, 5) is 2.46. The van der Waals surface area contributed by atoms with Gasteiger partial charge in [0.25, 0.3) is 0 Å². The molecule has 1 atom stereocenters. The van der Waals surface area contributed by atoms with E-state index >= 15 is 0 Å². The van der Waals surface area contributed by atoms with E-state index in [0.717, 1.165) is 32.8 Å². The minimum Gasteiger partial charge on any atom is -0.382 e. The minimum atomic E-state index is 0.607. The second-order valence-electron chi connectivity index (χ2n) is 5.98. The van der Waals surface area contributed by atoms with E-state index in [1.165, 1.54) is 36.9 Å². The number of anilines is 1. The average molecular weight is 290 g/mol. The van der Waals surface area contributed by atoms with Crippen molar-refractivity contribution in [2.75, 3.05) is 31.6 Å². The van der Waals surface area contributed by atoms with Gasteiger partial charge in [0.05, 0.1) is 13.2 Å². The molecule has 1 heterocycles. The Morgan fingerprint density at radius 2 is 1.86 bits per heavy atom. The summed E-state index contributed by atoms with van der Waals surface area (Å²) in [6, 6.07) is 9.57. The zero-order valence-electron chi connectivity index (χ0n) is 13.6. The predicted molar refractivity (Wildman–Crippen MR) is 89.8 cm³/mol. The first-order valence-corrected chi connectivity index (χ1v) is 8.47. The van der Waals surface area contributed by atoms with Gasteiger partial charge in [0.15, 0.2) is 0 Å². The average Bonchev–Trinajstić information content (AvgIpc) is 2.54. The maximum atomic E-state index is 5.39. The van der Waals surface area contributed by atoms with E-state index in [0.29, 0.717) is 6.04 Å². The largest absolute Gasteiger partial charge is 0.382 e. The molecule has 0 bridgehead atoms. The van der Waals surface area contributed by atoms with Crippen LogP contribution in [0.15, 0.2) is 24.3 Å². The fraction of sp³-hybridized carbons (Fsp3) is 0.667. The molecule has 1 aliphatic rings. The molecule has 3 heteroatoms. The van der Waals surface area contributed by atoms with Gasteiger partial charge in [0, 0.05) is 31.4 Å². The van der Waals surface area contributed by atoms with Gasteiger partial charge in [-0.2, -0.15) is 0 Å². The first-order valence-electron chi connectivity index (χ1n) is 8.47. The Bertz CT molecular complexity index is 385. The maximum absolute atomic E-state index is 5.39. The van der Waals surface area contributed by atoms with Gasteiger partial charge in [-0.1, -0.05) is 38.8 Å². The summed E-state index contributed by atoms with van der Waals surface area (Å²) in [6.45, 7) is 9.40. The second kappa shape index (κ2) is 9.06. The van der Waals surface area contributed by atoms with E-state index in [-0.39, 0.29) is 0 Å². The lowest BCUT2D eigenvalue weighted by atomic mass is 10.1. The van der Waals surface area contributed by atoms with Crippen LogP contribution >= 0.6 is 0 Å². The normalized spacial score (nSPS) is 17.6. The molecule has 1 aromatic rings. The minimum absolute atomic E-state index is 0.607. The highest BCUT2D eigenvalue weighted by atomic mass is 16.5. The summed E-state index contributed by atoms with van der Waals surface area (Å²) < 4.78 is 5.39. The summed E-state index contributed by atoms with van der Waals surface area (Å²) >= 11 is 0. The van der Waals surface area contributed by atoms with Gasteiger partial charge in [0.1, 0.15) is 0 Å². The molecule has 0 spiro atoms. The number of morpholine rings is 1. The van der Waals surface area contributed by atoms with Crippen LogP contribution in [0.1, 0.15) is 45.1 Å². The fourth-order valence-electron chi connectivity index (χ4n) is 2.79. The summed E-state index contributed by atoms with van der Waals surface area (Å²) in [6.07, 6.45) is 5.04. The Kier molecular flexibility index (Phi) is 7.04. The molecule has 1 saturated heterocycles. The molecule has 0 saturated carbocycles. The van der Waals surface area contributed by atoms with Crippen LogP contribution in [0.25, 0.3) is 0 Å². The Labute approximate surface area is 129 Å². The van der Waals surface area contributed by atoms with E-state index < -0.39 is 0 Å². The number of rotatable bonds is 8. The van der Waals surface area contributed by atoms with E-state index in [9.17, 15) is 0 Å². The zero-order chi connectivity index (χ0) is 14.9. The van der Waals surface area contributed by atoms with Crippen LogP contribution in [-0.2, 0) is 11.3 Å². The van der Waals surface area contributed by atoms with Gasteiger partial charge in [0.2, 0.25) is 0 Å². The number of hydrogen-bond acceptors (Lipinski definition) is 3. The topological polar surface area (TPSA) is 24.5 Å². The Morgan fingerprint density at radius 1 is 1.14 bits per heavy atom. The van der Waals surface area contributed by atoms with Gasteiger partial charge in [-0.05, 0) is 30.5 Å². The van der Waals surface area contributed by atoms with E-state index in [1.807, 2.05) is 0 Å². The van der Waals surface area contributed by atoms with Crippen LogP contribution in [0, 0.1) is 0 Å². The first kappa shape index (κ1) is 16.3.